The summed E-state index contributed by atoms with van der Waals surface area (Å²) in [5.74, 6) is 0.142. The molecule has 0 radical (unpaired) electrons. The zero-order chi connectivity index (χ0) is 19.1. The van der Waals surface area contributed by atoms with Crippen LogP contribution in [0.5, 0.6) is 0 Å². The highest BCUT2D eigenvalue weighted by atomic mass is 35.5. The minimum absolute atomic E-state index is 0. The average Bonchev–Trinajstić information content (AvgIpc) is 3.45. The fourth-order valence-corrected chi connectivity index (χ4v) is 5.25. The number of hydrogen-bond donors (Lipinski definition) is 1. The van der Waals surface area contributed by atoms with Crippen LogP contribution in [0, 0.1) is 5.41 Å². The maximum Gasteiger partial charge on any atom is 0.274 e. The van der Waals surface area contributed by atoms with Gasteiger partial charge in [0.05, 0.1) is 5.69 Å². The van der Waals surface area contributed by atoms with Crippen molar-refractivity contribution in [3.63, 3.8) is 0 Å². The summed E-state index contributed by atoms with van der Waals surface area (Å²) in [5.41, 5.74) is 5.96. The van der Waals surface area contributed by atoms with Crippen molar-refractivity contribution in [1.82, 2.24) is 20.0 Å². The van der Waals surface area contributed by atoms with E-state index >= 15 is 0 Å². The van der Waals surface area contributed by atoms with Gasteiger partial charge in [0, 0.05) is 30.9 Å². The molecule has 0 bridgehead atoms. The lowest BCUT2D eigenvalue weighted by atomic mass is 9.78. The predicted octanol–water partition coefficient (Wildman–Crippen LogP) is 3.56. The summed E-state index contributed by atoms with van der Waals surface area (Å²) in [6, 6.07) is 8.60. The van der Waals surface area contributed by atoms with Gasteiger partial charge in [-0.15, -0.1) is 12.4 Å². The number of piperidine rings is 1. The van der Waals surface area contributed by atoms with E-state index in [4.69, 9.17) is 5.10 Å². The van der Waals surface area contributed by atoms with Crippen molar-refractivity contribution >= 4 is 18.3 Å². The predicted molar refractivity (Wildman–Crippen MR) is 117 cm³/mol. The third kappa shape index (κ3) is 3.59. The number of carbonyl (C=O) groups is 1. The van der Waals surface area contributed by atoms with E-state index in [0.29, 0.717) is 11.1 Å². The van der Waals surface area contributed by atoms with Crippen LogP contribution in [-0.2, 0) is 19.3 Å². The minimum Gasteiger partial charge on any atom is -0.337 e. The standard InChI is InChI=1S/C23H30N4O.ClH/c1-2-17-6-8-18(9-7-17)27-20-5-3-4-19(20)21(25-27)22(28)26-14-11-23(12-15-26)10-13-24-16-23;/h6-9,24H,2-5,10-16H2,1H3;1H. The molecule has 3 aliphatic rings. The molecular weight excluding hydrogens is 384 g/mol. The lowest BCUT2D eigenvalue weighted by Crippen LogP contribution is -2.44. The molecule has 1 amide bonds. The Balaban J connectivity index is 0.00000205. The van der Waals surface area contributed by atoms with Crippen molar-refractivity contribution in [1.29, 1.82) is 0 Å². The molecule has 1 aromatic carbocycles. The fraction of sp³-hybridized carbons (Fsp3) is 0.565. The largest absolute Gasteiger partial charge is 0.337 e. The molecule has 2 saturated heterocycles. The first-order valence-corrected chi connectivity index (χ1v) is 10.9. The summed E-state index contributed by atoms with van der Waals surface area (Å²) in [7, 11) is 0. The van der Waals surface area contributed by atoms with E-state index < -0.39 is 0 Å². The van der Waals surface area contributed by atoms with Crippen LogP contribution in [0.25, 0.3) is 5.69 Å². The van der Waals surface area contributed by atoms with Crippen LogP contribution in [0.4, 0.5) is 0 Å². The van der Waals surface area contributed by atoms with E-state index in [1.54, 1.807) is 0 Å². The molecule has 1 aliphatic carbocycles. The van der Waals surface area contributed by atoms with Crippen molar-refractivity contribution < 1.29 is 4.79 Å². The Morgan fingerprint density at radius 3 is 2.55 bits per heavy atom. The number of benzene rings is 1. The molecule has 0 atom stereocenters. The van der Waals surface area contributed by atoms with Crippen LogP contribution < -0.4 is 5.32 Å². The summed E-state index contributed by atoms with van der Waals surface area (Å²) in [6.45, 7) is 6.15. The van der Waals surface area contributed by atoms with E-state index in [1.165, 1.54) is 23.2 Å². The molecular formula is C23H31ClN4O. The molecule has 0 saturated carbocycles. The van der Waals surface area contributed by atoms with Gasteiger partial charge in [0.1, 0.15) is 0 Å². The Morgan fingerprint density at radius 1 is 1.14 bits per heavy atom. The number of aryl methyl sites for hydroxylation is 1. The number of aromatic nitrogens is 2. The average molecular weight is 415 g/mol. The number of halogens is 1. The lowest BCUT2D eigenvalue weighted by molar-refractivity contribution is 0.0600. The topological polar surface area (TPSA) is 50.2 Å². The molecule has 5 rings (SSSR count). The molecule has 6 heteroatoms. The summed E-state index contributed by atoms with van der Waals surface area (Å²) in [5, 5.41) is 8.34. The van der Waals surface area contributed by atoms with Gasteiger partial charge in [0.15, 0.2) is 5.69 Å². The van der Waals surface area contributed by atoms with E-state index in [-0.39, 0.29) is 18.3 Å². The summed E-state index contributed by atoms with van der Waals surface area (Å²) in [4.78, 5) is 15.4. The Hall–Kier alpha value is -1.85. The summed E-state index contributed by atoms with van der Waals surface area (Å²) < 4.78 is 2.03. The molecule has 3 heterocycles. The van der Waals surface area contributed by atoms with Crippen molar-refractivity contribution in [3.8, 4) is 5.69 Å². The number of likely N-dealkylation sites (tertiary alicyclic amines) is 1. The molecule has 2 fully saturated rings. The summed E-state index contributed by atoms with van der Waals surface area (Å²) in [6.07, 6.45) is 7.64. The van der Waals surface area contributed by atoms with Crippen LogP contribution in [0.15, 0.2) is 24.3 Å². The molecule has 2 aromatic rings. The van der Waals surface area contributed by atoms with Crippen LogP contribution in [0.3, 0.4) is 0 Å². The van der Waals surface area contributed by atoms with Gasteiger partial charge in [-0.05, 0) is 74.6 Å². The zero-order valence-electron chi connectivity index (χ0n) is 17.2. The second-order valence-electron chi connectivity index (χ2n) is 8.78. The van der Waals surface area contributed by atoms with Crippen LogP contribution in [-0.4, -0.2) is 46.8 Å². The summed E-state index contributed by atoms with van der Waals surface area (Å²) >= 11 is 0. The van der Waals surface area contributed by atoms with E-state index in [9.17, 15) is 4.79 Å². The van der Waals surface area contributed by atoms with Crippen LogP contribution in [0.2, 0.25) is 0 Å². The van der Waals surface area contributed by atoms with E-state index in [0.717, 1.165) is 70.4 Å². The van der Waals surface area contributed by atoms with Gasteiger partial charge in [-0.1, -0.05) is 19.1 Å². The number of rotatable bonds is 3. The first-order chi connectivity index (χ1) is 13.7. The van der Waals surface area contributed by atoms with Gasteiger partial charge in [-0.2, -0.15) is 5.10 Å². The molecule has 5 nitrogen and oxygen atoms in total. The van der Waals surface area contributed by atoms with Crippen LogP contribution >= 0.6 is 12.4 Å². The number of carbonyl (C=O) groups excluding carboxylic acids is 1. The number of nitrogens with zero attached hydrogens (tertiary/aromatic N) is 3. The number of fused-ring (bicyclic) bond motifs is 1. The van der Waals surface area contributed by atoms with Crippen molar-refractivity contribution in [3.05, 3.63) is 46.8 Å². The Morgan fingerprint density at radius 2 is 1.90 bits per heavy atom. The SMILES string of the molecule is CCc1ccc(-n2nc(C(=O)N3CCC4(CCNC4)CC3)c3c2CCC3)cc1.Cl. The second kappa shape index (κ2) is 8.11. The van der Waals surface area contributed by atoms with Crippen molar-refractivity contribution in [2.24, 2.45) is 5.41 Å². The number of amides is 1. The number of nitrogens with one attached hydrogen (secondary N) is 1. The quantitative estimate of drug-likeness (QED) is 0.835. The molecule has 1 aromatic heterocycles. The van der Waals surface area contributed by atoms with Crippen molar-refractivity contribution in [2.75, 3.05) is 26.2 Å². The molecule has 2 aliphatic heterocycles. The Bertz CT molecular complexity index is 873. The molecule has 156 valence electrons. The number of hydrogen-bond acceptors (Lipinski definition) is 3. The molecule has 1 N–H and O–H groups in total. The van der Waals surface area contributed by atoms with E-state index in [2.05, 4.69) is 41.4 Å². The van der Waals surface area contributed by atoms with Crippen molar-refractivity contribution in [2.45, 2.75) is 51.9 Å². The molecule has 29 heavy (non-hydrogen) atoms. The normalized spacial score (nSPS) is 20.0. The Labute approximate surface area is 179 Å². The minimum atomic E-state index is 0. The lowest BCUT2D eigenvalue weighted by Gasteiger charge is -2.38. The maximum atomic E-state index is 13.3. The highest BCUT2D eigenvalue weighted by Gasteiger charge is 2.39. The highest BCUT2D eigenvalue weighted by Crippen LogP contribution is 2.37. The van der Waals surface area contributed by atoms with Gasteiger partial charge < -0.3 is 10.2 Å². The molecule has 0 unspecified atom stereocenters. The highest BCUT2D eigenvalue weighted by molar-refractivity contribution is 5.94. The van der Waals surface area contributed by atoms with E-state index in [1.807, 2.05) is 4.68 Å². The van der Waals surface area contributed by atoms with Gasteiger partial charge in [-0.3, -0.25) is 4.79 Å². The zero-order valence-corrected chi connectivity index (χ0v) is 18.1. The van der Waals surface area contributed by atoms with Gasteiger partial charge in [0.25, 0.3) is 5.91 Å². The third-order valence-corrected chi connectivity index (χ3v) is 7.17. The van der Waals surface area contributed by atoms with Gasteiger partial charge in [0.2, 0.25) is 0 Å². The van der Waals surface area contributed by atoms with Gasteiger partial charge in [-0.25, -0.2) is 4.68 Å². The molecule has 1 spiro atoms. The first kappa shape index (κ1) is 20.4. The second-order valence-corrected chi connectivity index (χ2v) is 8.78. The first-order valence-electron chi connectivity index (χ1n) is 10.9. The Kier molecular flexibility index (Phi) is 5.71. The van der Waals surface area contributed by atoms with Crippen LogP contribution in [0.1, 0.15) is 59.9 Å². The maximum absolute atomic E-state index is 13.3. The smallest absolute Gasteiger partial charge is 0.274 e. The van der Waals surface area contributed by atoms with Gasteiger partial charge >= 0.3 is 0 Å². The third-order valence-electron chi connectivity index (χ3n) is 7.17. The monoisotopic (exact) mass is 414 g/mol. The fourth-order valence-electron chi connectivity index (χ4n) is 5.25.